The molecule has 0 saturated carbocycles. The molecule has 0 amide bonds. The van der Waals surface area contributed by atoms with Crippen molar-refractivity contribution in [2.75, 3.05) is 0 Å². The predicted octanol–water partition coefficient (Wildman–Crippen LogP) is -0.290. The summed E-state index contributed by atoms with van der Waals surface area (Å²) in [6.07, 6.45) is 2.83. The molecule has 2 heterocycles. The van der Waals surface area contributed by atoms with E-state index in [4.69, 9.17) is 0 Å². The summed E-state index contributed by atoms with van der Waals surface area (Å²) in [4.78, 5) is 15.8. The molecule has 0 atom stereocenters. The van der Waals surface area contributed by atoms with Gasteiger partial charge in [-0.25, -0.2) is 4.98 Å². The van der Waals surface area contributed by atoms with E-state index < -0.39 is 5.60 Å². The molecule has 0 aliphatic heterocycles. The van der Waals surface area contributed by atoms with Crippen LogP contribution in [-0.4, -0.2) is 30.0 Å². The van der Waals surface area contributed by atoms with Gasteiger partial charge in [-0.3, -0.25) is 4.79 Å². The first-order valence-electron chi connectivity index (χ1n) is 5.03. The molecule has 0 bridgehead atoms. The van der Waals surface area contributed by atoms with Gasteiger partial charge in [0.15, 0.2) is 5.65 Å². The number of hydrogen-bond donors (Lipinski definition) is 1. The van der Waals surface area contributed by atoms with Crippen LogP contribution in [0.3, 0.4) is 0 Å². The summed E-state index contributed by atoms with van der Waals surface area (Å²) >= 11 is 0. The van der Waals surface area contributed by atoms with Crippen LogP contribution < -0.4 is 5.56 Å². The van der Waals surface area contributed by atoms with Crippen molar-refractivity contribution in [3.05, 3.63) is 22.9 Å². The average molecular weight is 232 g/mol. The number of hydrogen-bond acceptors (Lipinski definition) is 4. The maximum Gasteiger partial charge on any atom is 0.264 e. The Balaban J connectivity index is 2.62. The third-order valence-electron chi connectivity index (χ3n) is 2.12. The molecular formula is C11H12N4O2. The number of aromatic nitrogens is 4. The van der Waals surface area contributed by atoms with Crippen LogP contribution in [0.1, 0.15) is 13.8 Å². The van der Waals surface area contributed by atoms with Gasteiger partial charge < -0.3 is 9.67 Å². The van der Waals surface area contributed by atoms with Crippen molar-refractivity contribution in [3.63, 3.8) is 0 Å². The first-order chi connectivity index (χ1) is 7.88. The zero-order valence-corrected chi connectivity index (χ0v) is 9.80. The molecule has 6 nitrogen and oxygen atoms in total. The smallest absolute Gasteiger partial charge is 0.264 e. The Morgan fingerprint density at radius 1 is 1.47 bits per heavy atom. The maximum atomic E-state index is 11.7. The van der Waals surface area contributed by atoms with Gasteiger partial charge in [0.1, 0.15) is 11.0 Å². The zero-order valence-electron chi connectivity index (χ0n) is 9.80. The van der Waals surface area contributed by atoms with Gasteiger partial charge in [0.2, 0.25) is 0 Å². The highest BCUT2D eigenvalue weighted by atomic mass is 16.3. The largest absolute Gasteiger partial charge is 0.378 e. The van der Waals surface area contributed by atoms with Gasteiger partial charge in [-0.2, -0.15) is 9.78 Å². The lowest BCUT2D eigenvalue weighted by molar-refractivity contribution is 0.143. The van der Waals surface area contributed by atoms with Crippen molar-refractivity contribution in [2.24, 2.45) is 7.05 Å². The molecule has 0 unspecified atom stereocenters. The quantitative estimate of drug-likeness (QED) is 0.633. The first-order valence-corrected chi connectivity index (χ1v) is 5.03. The van der Waals surface area contributed by atoms with Crippen LogP contribution in [0.15, 0.2) is 17.3 Å². The summed E-state index contributed by atoms with van der Waals surface area (Å²) in [6.45, 7) is 3.14. The summed E-state index contributed by atoms with van der Waals surface area (Å²) < 4.78 is 2.66. The van der Waals surface area contributed by atoms with Crippen LogP contribution >= 0.6 is 0 Å². The SMILES string of the molecule is Cn1cnc2c(cnn2C#CC(C)(C)O)c1=O. The molecule has 2 aromatic rings. The van der Waals surface area contributed by atoms with Crippen LogP contribution in [0.5, 0.6) is 0 Å². The summed E-state index contributed by atoms with van der Waals surface area (Å²) in [6, 6.07) is 2.65. The fourth-order valence-electron chi connectivity index (χ4n) is 1.27. The summed E-state index contributed by atoms with van der Waals surface area (Å²) in [5.41, 5.74) is -0.894. The fourth-order valence-corrected chi connectivity index (χ4v) is 1.27. The van der Waals surface area contributed by atoms with E-state index in [0.717, 1.165) is 0 Å². The van der Waals surface area contributed by atoms with E-state index >= 15 is 0 Å². The van der Waals surface area contributed by atoms with Crippen LogP contribution in [0.4, 0.5) is 0 Å². The number of aliphatic hydroxyl groups is 1. The molecule has 2 rings (SSSR count). The van der Waals surface area contributed by atoms with E-state index in [2.05, 4.69) is 22.0 Å². The third-order valence-corrected chi connectivity index (χ3v) is 2.12. The number of fused-ring (bicyclic) bond motifs is 1. The molecule has 17 heavy (non-hydrogen) atoms. The minimum Gasteiger partial charge on any atom is -0.378 e. The molecule has 0 saturated heterocycles. The van der Waals surface area contributed by atoms with E-state index in [1.165, 1.54) is 21.8 Å². The molecular weight excluding hydrogens is 220 g/mol. The minimum atomic E-state index is -1.11. The van der Waals surface area contributed by atoms with Gasteiger partial charge in [0, 0.05) is 13.1 Å². The Morgan fingerprint density at radius 2 is 2.18 bits per heavy atom. The minimum absolute atomic E-state index is 0.175. The fraction of sp³-hybridized carbons (Fsp3) is 0.364. The van der Waals surface area contributed by atoms with Crippen molar-refractivity contribution >= 4 is 11.0 Å². The van der Waals surface area contributed by atoms with Crippen LogP contribution in [0.2, 0.25) is 0 Å². The standard InChI is InChI=1S/C11H12N4O2/c1-11(2,17)4-5-15-9-8(6-13-15)10(16)14(3)7-12-9/h6-7,17H,1-3H3. The van der Waals surface area contributed by atoms with E-state index in [9.17, 15) is 9.90 Å². The Morgan fingerprint density at radius 3 is 2.82 bits per heavy atom. The number of nitrogens with zero attached hydrogens (tertiary/aromatic N) is 4. The van der Waals surface area contributed by atoms with E-state index in [1.807, 2.05) is 0 Å². The normalized spacial score (nSPS) is 11.3. The second-order valence-corrected chi connectivity index (χ2v) is 4.25. The monoisotopic (exact) mass is 232 g/mol. The molecule has 2 aromatic heterocycles. The highest BCUT2D eigenvalue weighted by molar-refractivity contribution is 5.73. The lowest BCUT2D eigenvalue weighted by atomic mass is 10.2. The van der Waals surface area contributed by atoms with Crippen LogP contribution in [-0.2, 0) is 7.05 Å². The Bertz CT molecular complexity index is 679. The summed E-state index contributed by atoms with van der Waals surface area (Å²) in [7, 11) is 1.62. The Kier molecular flexibility index (Phi) is 2.48. The van der Waals surface area contributed by atoms with Gasteiger partial charge in [-0.05, 0) is 19.8 Å². The van der Waals surface area contributed by atoms with E-state index in [-0.39, 0.29) is 5.56 Å². The number of aryl methyl sites for hydroxylation is 1. The Hall–Kier alpha value is -2.13. The molecule has 0 aliphatic carbocycles. The first kappa shape index (κ1) is 11.4. The summed E-state index contributed by atoms with van der Waals surface area (Å²) in [5.74, 6) is 2.61. The Labute approximate surface area is 97.5 Å². The van der Waals surface area contributed by atoms with Gasteiger partial charge in [-0.15, -0.1) is 0 Å². The molecule has 0 radical (unpaired) electrons. The molecule has 0 spiro atoms. The topological polar surface area (TPSA) is 72.9 Å². The van der Waals surface area contributed by atoms with Crippen molar-refractivity contribution in [2.45, 2.75) is 19.4 Å². The molecule has 88 valence electrons. The predicted molar refractivity (Wildman–Crippen MR) is 62.2 cm³/mol. The molecule has 1 N–H and O–H groups in total. The molecule has 0 aromatic carbocycles. The van der Waals surface area contributed by atoms with Crippen molar-refractivity contribution in [1.82, 2.24) is 19.3 Å². The van der Waals surface area contributed by atoms with Crippen LogP contribution in [0.25, 0.3) is 11.0 Å². The maximum absolute atomic E-state index is 11.7. The van der Waals surface area contributed by atoms with Crippen molar-refractivity contribution in [1.29, 1.82) is 0 Å². The molecule has 6 heteroatoms. The van der Waals surface area contributed by atoms with Gasteiger partial charge in [0.05, 0.1) is 12.5 Å². The van der Waals surface area contributed by atoms with Gasteiger partial charge in [0.25, 0.3) is 5.56 Å². The van der Waals surface area contributed by atoms with Crippen LogP contribution in [0, 0.1) is 12.0 Å². The van der Waals surface area contributed by atoms with Gasteiger partial charge in [-0.1, -0.05) is 0 Å². The second-order valence-electron chi connectivity index (χ2n) is 4.25. The summed E-state index contributed by atoms with van der Waals surface area (Å²) in [5, 5.41) is 13.8. The number of rotatable bonds is 0. The van der Waals surface area contributed by atoms with Gasteiger partial charge >= 0.3 is 0 Å². The highest BCUT2D eigenvalue weighted by Gasteiger charge is 2.09. The molecule has 0 fully saturated rings. The molecule has 0 aliphatic rings. The third kappa shape index (κ3) is 2.19. The lowest BCUT2D eigenvalue weighted by Gasteiger charge is -2.05. The average Bonchev–Trinajstić information content (AvgIpc) is 2.63. The lowest BCUT2D eigenvalue weighted by Crippen LogP contribution is -2.17. The van der Waals surface area contributed by atoms with Crippen molar-refractivity contribution in [3.8, 4) is 12.0 Å². The van der Waals surface area contributed by atoms with E-state index in [0.29, 0.717) is 11.0 Å². The highest BCUT2D eigenvalue weighted by Crippen LogP contribution is 2.04. The van der Waals surface area contributed by atoms with Crippen molar-refractivity contribution < 1.29 is 5.11 Å². The van der Waals surface area contributed by atoms with E-state index in [1.54, 1.807) is 20.9 Å². The zero-order chi connectivity index (χ0) is 12.6. The second kappa shape index (κ2) is 3.71.